The molecule has 0 radical (unpaired) electrons. The zero-order chi connectivity index (χ0) is 9.23. The molecule has 0 atom stereocenters. The van der Waals surface area contributed by atoms with Gasteiger partial charge in [0.2, 0.25) is 10.0 Å². The molecule has 0 aliphatic carbocycles. The van der Waals surface area contributed by atoms with Gasteiger partial charge >= 0.3 is 0 Å². The lowest BCUT2D eigenvalue weighted by atomic mass is 10.6. The van der Waals surface area contributed by atoms with Crippen molar-refractivity contribution in [2.24, 2.45) is 5.73 Å². The molecule has 0 aromatic heterocycles. The minimum absolute atomic E-state index is 0.595. The van der Waals surface area contributed by atoms with Gasteiger partial charge in [-0.05, 0) is 0 Å². The molecular weight excluding hydrogens is 168 g/mol. The molecule has 0 aromatic carbocycles. The van der Waals surface area contributed by atoms with E-state index in [0.29, 0.717) is 0 Å². The molecule has 5 nitrogen and oxygen atoms in total. The minimum Gasteiger partial charge on any atom is -0.365 e. The average Bonchev–Trinajstić information content (AvgIpc) is 1.85. The van der Waals surface area contributed by atoms with Crippen LogP contribution in [0, 0.1) is 0 Å². The standard InChI is InChI=1S/C5H10N2O3S/c1-4(5(6)8)11(9,10)7(2)3/h1H2,2-3H3,(H2,6,8). The monoisotopic (exact) mass is 178 g/mol. The summed E-state index contributed by atoms with van der Waals surface area (Å²) in [5.41, 5.74) is 4.72. The third-order valence-electron chi connectivity index (χ3n) is 1.07. The molecule has 0 unspecified atom stereocenters. The van der Waals surface area contributed by atoms with Gasteiger partial charge in [-0.3, -0.25) is 4.79 Å². The average molecular weight is 178 g/mol. The van der Waals surface area contributed by atoms with E-state index in [1.165, 1.54) is 14.1 Å². The van der Waals surface area contributed by atoms with Gasteiger partial charge in [0.1, 0.15) is 4.91 Å². The summed E-state index contributed by atoms with van der Waals surface area (Å²) in [6.07, 6.45) is 0. The molecule has 0 fully saturated rings. The lowest BCUT2D eigenvalue weighted by Crippen LogP contribution is -2.29. The summed E-state index contributed by atoms with van der Waals surface area (Å²) in [6, 6.07) is 0. The largest absolute Gasteiger partial charge is 0.365 e. The van der Waals surface area contributed by atoms with E-state index in [1.54, 1.807) is 0 Å². The summed E-state index contributed by atoms with van der Waals surface area (Å²) < 4.78 is 22.9. The summed E-state index contributed by atoms with van der Waals surface area (Å²) in [5, 5.41) is 0. The van der Waals surface area contributed by atoms with Crippen molar-refractivity contribution in [2.45, 2.75) is 0 Å². The second kappa shape index (κ2) is 3.02. The molecule has 64 valence electrons. The highest BCUT2D eigenvalue weighted by molar-refractivity contribution is 7.93. The van der Waals surface area contributed by atoms with Crippen molar-refractivity contribution in [1.82, 2.24) is 4.31 Å². The highest BCUT2D eigenvalue weighted by atomic mass is 32.2. The SMILES string of the molecule is C=C(C(N)=O)S(=O)(=O)N(C)C. The Morgan fingerprint density at radius 3 is 1.91 bits per heavy atom. The fraction of sp³-hybridized carbons (Fsp3) is 0.400. The molecule has 0 aromatic rings. The van der Waals surface area contributed by atoms with Crippen LogP contribution in [0.5, 0.6) is 0 Å². The zero-order valence-corrected chi connectivity index (χ0v) is 7.18. The van der Waals surface area contributed by atoms with Crippen LogP contribution < -0.4 is 5.73 Å². The quantitative estimate of drug-likeness (QED) is 0.556. The second-order valence-electron chi connectivity index (χ2n) is 2.07. The molecule has 0 heterocycles. The number of nitrogens with zero attached hydrogens (tertiary/aromatic N) is 1. The fourth-order valence-electron chi connectivity index (χ4n) is 0.348. The lowest BCUT2D eigenvalue weighted by molar-refractivity contribution is -0.113. The number of nitrogens with two attached hydrogens (primary N) is 1. The summed E-state index contributed by atoms with van der Waals surface area (Å²) >= 11 is 0. The van der Waals surface area contributed by atoms with Crippen LogP contribution in [0.1, 0.15) is 0 Å². The van der Waals surface area contributed by atoms with Crippen molar-refractivity contribution in [3.63, 3.8) is 0 Å². The smallest absolute Gasteiger partial charge is 0.261 e. The van der Waals surface area contributed by atoms with Crippen molar-refractivity contribution >= 4 is 15.9 Å². The molecule has 0 rings (SSSR count). The fourth-order valence-corrected chi connectivity index (χ4v) is 1.04. The van der Waals surface area contributed by atoms with E-state index < -0.39 is 20.8 Å². The molecule has 6 heteroatoms. The van der Waals surface area contributed by atoms with E-state index >= 15 is 0 Å². The summed E-state index contributed by atoms with van der Waals surface area (Å²) in [6.45, 7) is 3.04. The Kier molecular flexibility index (Phi) is 2.77. The number of rotatable bonds is 3. The normalized spacial score (nSPS) is 11.5. The predicted molar refractivity (Wildman–Crippen MR) is 40.9 cm³/mol. The van der Waals surface area contributed by atoms with Crippen LogP contribution in [-0.2, 0) is 14.8 Å². The highest BCUT2D eigenvalue weighted by Crippen LogP contribution is 2.05. The molecule has 1 amide bonds. The predicted octanol–water partition coefficient (Wildman–Crippen LogP) is -1.12. The van der Waals surface area contributed by atoms with Crippen molar-refractivity contribution in [2.75, 3.05) is 14.1 Å². The first-order valence-corrected chi connectivity index (χ1v) is 4.15. The van der Waals surface area contributed by atoms with Crippen molar-refractivity contribution in [3.05, 3.63) is 11.5 Å². The molecular formula is C5H10N2O3S. The Bertz CT molecular complexity index is 278. The molecule has 0 saturated carbocycles. The van der Waals surface area contributed by atoms with Crippen LogP contribution in [0.2, 0.25) is 0 Å². The van der Waals surface area contributed by atoms with Gasteiger partial charge in [0.15, 0.2) is 0 Å². The van der Waals surface area contributed by atoms with Gasteiger partial charge in [-0.2, -0.15) is 0 Å². The zero-order valence-electron chi connectivity index (χ0n) is 6.36. The van der Waals surface area contributed by atoms with E-state index in [4.69, 9.17) is 5.73 Å². The first-order valence-electron chi connectivity index (χ1n) is 2.71. The van der Waals surface area contributed by atoms with Crippen molar-refractivity contribution in [1.29, 1.82) is 0 Å². The Hall–Kier alpha value is -0.880. The molecule has 0 aliphatic heterocycles. The van der Waals surface area contributed by atoms with E-state index in [1.807, 2.05) is 0 Å². The summed E-state index contributed by atoms with van der Waals surface area (Å²) in [4.78, 5) is 9.77. The number of primary amides is 1. The molecule has 0 saturated heterocycles. The molecule has 0 aliphatic rings. The van der Waals surface area contributed by atoms with Gasteiger partial charge in [-0.1, -0.05) is 6.58 Å². The van der Waals surface area contributed by atoms with Crippen LogP contribution in [0.4, 0.5) is 0 Å². The maximum atomic E-state index is 11.0. The van der Waals surface area contributed by atoms with Crippen LogP contribution >= 0.6 is 0 Å². The van der Waals surface area contributed by atoms with Crippen molar-refractivity contribution in [3.8, 4) is 0 Å². The first-order chi connectivity index (χ1) is 4.80. The van der Waals surface area contributed by atoms with Gasteiger partial charge in [0.25, 0.3) is 5.91 Å². The van der Waals surface area contributed by atoms with E-state index in [-0.39, 0.29) is 0 Å². The second-order valence-corrected chi connectivity index (χ2v) is 4.25. The maximum Gasteiger partial charge on any atom is 0.261 e. The molecule has 11 heavy (non-hydrogen) atoms. The summed E-state index contributed by atoms with van der Waals surface area (Å²) in [7, 11) is -1.12. The van der Waals surface area contributed by atoms with Gasteiger partial charge in [-0.15, -0.1) is 0 Å². The number of sulfonamides is 1. The number of hydrogen-bond acceptors (Lipinski definition) is 3. The van der Waals surface area contributed by atoms with Gasteiger partial charge in [-0.25, -0.2) is 12.7 Å². The van der Waals surface area contributed by atoms with Crippen LogP contribution in [-0.4, -0.2) is 32.7 Å². The Morgan fingerprint density at radius 2 is 1.82 bits per heavy atom. The third-order valence-corrected chi connectivity index (χ3v) is 2.85. The van der Waals surface area contributed by atoms with E-state index in [0.717, 1.165) is 4.31 Å². The van der Waals surface area contributed by atoms with Crippen molar-refractivity contribution < 1.29 is 13.2 Å². The Morgan fingerprint density at radius 1 is 1.45 bits per heavy atom. The van der Waals surface area contributed by atoms with Crippen LogP contribution in [0.15, 0.2) is 11.5 Å². The summed E-state index contributed by atoms with van der Waals surface area (Å²) in [5.74, 6) is -1.03. The lowest BCUT2D eigenvalue weighted by Gasteiger charge is -2.10. The topological polar surface area (TPSA) is 80.5 Å². The number of carbonyl (C=O) groups excluding carboxylic acids is 1. The number of amides is 1. The van der Waals surface area contributed by atoms with Crippen LogP contribution in [0.3, 0.4) is 0 Å². The Balaban J connectivity index is 4.89. The van der Waals surface area contributed by atoms with Gasteiger partial charge in [0.05, 0.1) is 0 Å². The van der Waals surface area contributed by atoms with Crippen LogP contribution in [0.25, 0.3) is 0 Å². The van der Waals surface area contributed by atoms with Gasteiger partial charge in [0, 0.05) is 14.1 Å². The third kappa shape index (κ3) is 2.02. The number of hydrogen-bond donors (Lipinski definition) is 1. The van der Waals surface area contributed by atoms with E-state index in [2.05, 4.69) is 6.58 Å². The van der Waals surface area contributed by atoms with Gasteiger partial charge < -0.3 is 5.73 Å². The number of carbonyl (C=O) groups is 1. The molecule has 2 N–H and O–H groups in total. The molecule has 0 spiro atoms. The maximum absolute atomic E-state index is 11.0. The molecule has 0 bridgehead atoms. The minimum atomic E-state index is -3.71. The first kappa shape index (κ1) is 10.1. The Labute approximate surface area is 65.5 Å². The van der Waals surface area contributed by atoms with E-state index in [9.17, 15) is 13.2 Å². The highest BCUT2D eigenvalue weighted by Gasteiger charge is 2.22.